The quantitative estimate of drug-likeness (QED) is 0.674. The van der Waals surface area contributed by atoms with Gasteiger partial charge in [0.05, 0.1) is 11.4 Å². The topological polar surface area (TPSA) is 90.5 Å². The molecule has 0 unspecified atom stereocenters. The van der Waals surface area contributed by atoms with E-state index in [1.54, 1.807) is 11.0 Å². The van der Waals surface area contributed by atoms with Crippen molar-refractivity contribution in [1.82, 2.24) is 10.6 Å². The lowest BCUT2D eigenvalue weighted by Crippen LogP contribution is -2.37. The van der Waals surface area contributed by atoms with Gasteiger partial charge in [0.2, 0.25) is 11.8 Å². The molecule has 0 bridgehead atoms. The summed E-state index contributed by atoms with van der Waals surface area (Å²) in [4.78, 5) is 38.1. The number of hydrogen-bond acceptors (Lipinski definition) is 3. The Morgan fingerprint density at radius 3 is 2.48 bits per heavy atom. The fourth-order valence-corrected chi connectivity index (χ4v) is 3.22. The van der Waals surface area contributed by atoms with Crippen LogP contribution < -0.4 is 20.9 Å². The predicted molar refractivity (Wildman–Crippen MR) is 113 cm³/mol. The third-order valence-corrected chi connectivity index (χ3v) is 4.74. The molecule has 2 aromatic carbocycles. The average Bonchev–Trinajstić information content (AvgIpc) is 2.74. The zero-order chi connectivity index (χ0) is 20.5. The minimum Gasteiger partial charge on any atom is -0.352 e. The summed E-state index contributed by atoms with van der Waals surface area (Å²) in [6, 6.07) is 16.5. The normalized spacial score (nSPS) is 13.7. The van der Waals surface area contributed by atoms with Crippen molar-refractivity contribution in [1.29, 1.82) is 0 Å². The van der Waals surface area contributed by atoms with Crippen LogP contribution in [0.1, 0.15) is 31.2 Å². The van der Waals surface area contributed by atoms with Crippen LogP contribution >= 0.6 is 0 Å². The number of amides is 4. The number of anilines is 2. The number of rotatable bonds is 7. The summed E-state index contributed by atoms with van der Waals surface area (Å²) in [6.07, 6.45) is 2.56. The second kappa shape index (κ2) is 10.3. The summed E-state index contributed by atoms with van der Waals surface area (Å²) < 4.78 is 0. The second-order valence-electron chi connectivity index (χ2n) is 6.91. The van der Waals surface area contributed by atoms with E-state index in [4.69, 9.17) is 0 Å². The van der Waals surface area contributed by atoms with Crippen LogP contribution in [0.3, 0.4) is 0 Å². The van der Waals surface area contributed by atoms with E-state index in [1.165, 1.54) is 0 Å². The Kier molecular flexibility index (Phi) is 7.22. The number of hydrogen-bond donors (Lipinski definition) is 3. The second-order valence-corrected chi connectivity index (χ2v) is 6.91. The molecule has 0 aliphatic carbocycles. The van der Waals surface area contributed by atoms with E-state index in [1.807, 2.05) is 48.5 Å². The standard InChI is InChI=1S/C22H26N4O3/c27-20(24-16-17-8-2-1-3-9-17)13-14-23-22(29)25-18-10-4-5-11-19(18)26-15-7-6-12-21(26)28/h1-5,8-11H,6-7,12-16H2,(H,24,27)(H2,23,25,29). The fourth-order valence-electron chi connectivity index (χ4n) is 3.22. The maximum Gasteiger partial charge on any atom is 0.319 e. The lowest BCUT2D eigenvalue weighted by Gasteiger charge is -2.28. The van der Waals surface area contributed by atoms with Crippen LogP contribution in [0.15, 0.2) is 54.6 Å². The van der Waals surface area contributed by atoms with Crippen molar-refractivity contribution in [3.63, 3.8) is 0 Å². The first-order chi connectivity index (χ1) is 14.1. The Labute approximate surface area is 170 Å². The molecule has 7 heteroatoms. The van der Waals surface area contributed by atoms with Crippen molar-refractivity contribution in [2.45, 2.75) is 32.2 Å². The molecule has 1 aliphatic rings. The van der Waals surface area contributed by atoms with E-state index in [0.29, 0.717) is 30.9 Å². The first-order valence-corrected chi connectivity index (χ1v) is 9.88. The van der Waals surface area contributed by atoms with Crippen molar-refractivity contribution in [3.05, 3.63) is 60.2 Å². The first-order valence-electron chi connectivity index (χ1n) is 9.88. The maximum atomic E-state index is 12.2. The summed E-state index contributed by atoms with van der Waals surface area (Å²) in [5.41, 5.74) is 2.30. The van der Waals surface area contributed by atoms with Gasteiger partial charge in [0.25, 0.3) is 0 Å². The summed E-state index contributed by atoms with van der Waals surface area (Å²) in [5.74, 6) is -0.0607. The number of carbonyl (C=O) groups excluding carboxylic acids is 3. The van der Waals surface area contributed by atoms with E-state index >= 15 is 0 Å². The predicted octanol–water partition coefficient (Wildman–Crippen LogP) is 3.03. The molecule has 152 valence electrons. The van der Waals surface area contributed by atoms with E-state index in [0.717, 1.165) is 18.4 Å². The molecular weight excluding hydrogens is 368 g/mol. The van der Waals surface area contributed by atoms with E-state index in [2.05, 4.69) is 16.0 Å². The molecule has 3 N–H and O–H groups in total. The smallest absolute Gasteiger partial charge is 0.319 e. The van der Waals surface area contributed by atoms with Crippen molar-refractivity contribution in [2.75, 3.05) is 23.3 Å². The van der Waals surface area contributed by atoms with Crippen molar-refractivity contribution < 1.29 is 14.4 Å². The molecule has 0 saturated carbocycles. The van der Waals surface area contributed by atoms with Crippen LogP contribution in [0.2, 0.25) is 0 Å². The van der Waals surface area contributed by atoms with Crippen molar-refractivity contribution in [2.24, 2.45) is 0 Å². The van der Waals surface area contributed by atoms with Gasteiger partial charge in [-0.1, -0.05) is 42.5 Å². The van der Waals surface area contributed by atoms with Crippen LogP contribution in [0, 0.1) is 0 Å². The number of nitrogens with one attached hydrogen (secondary N) is 3. The largest absolute Gasteiger partial charge is 0.352 e. The number of piperidine rings is 1. The van der Waals surface area contributed by atoms with Crippen LogP contribution in [0.5, 0.6) is 0 Å². The van der Waals surface area contributed by atoms with Gasteiger partial charge >= 0.3 is 6.03 Å². The molecule has 0 aromatic heterocycles. The zero-order valence-electron chi connectivity index (χ0n) is 16.3. The van der Waals surface area contributed by atoms with Gasteiger partial charge in [-0.3, -0.25) is 9.59 Å². The summed E-state index contributed by atoms with van der Waals surface area (Å²) in [7, 11) is 0. The third kappa shape index (κ3) is 6.07. The molecule has 1 fully saturated rings. The minimum absolute atomic E-state index is 0.0704. The highest BCUT2D eigenvalue weighted by Gasteiger charge is 2.22. The van der Waals surface area contributed by atoms with E-state index in [9.17, 15) is 14.4 Å². The molecule has 1 heterocycles. The molecule has 0 atom stereocenters. The highest BCUT2D eigenvalue weighted by Crippen LogP contribution is 2.28. The fraction of sp³-hybridized carbons (Fsp3) is 0.318. The molecule has 7 nitrogen and oxygen atoms in total. The molecule has 2 aromatic rings. The number of carbonyl (C=O) groups is 3. The van der Waals surface area contributed by atoms with E-state index < -0.39 is 6.03 Å². The molecular formula is C22H26N4O3. The van der Waals surface area contributed by atoms with Gasteiger partial charge in [-0.05, 0) is 30.5 Å². The van der Waals surface area contributed by atoms with Gasteiger partial charge in [-0.25, -0.2) is 4.79 Å². The van der Waals surface area contributed by atoms with Gasteiger partial charge in [0, 0.05) is 32.5 Å². The summed E-state index contributed by atoms with van der Waals surface area (Å²) >= 11 is 0. The Bertz CT molecular complexity index is 854. The van der Waals surface area contributed by atoms with Gasteiger partial charge in [-0.2, -0.15) is 0 Å². The van der Waals surface area contributed by atoms with Gasteiger partial charge in [0.15, 0.2) is 0 Å². The van der Waals surface area contributed by atoms with Crippen LogP contribution in [0.25, 0.3) is 0 Å². The molecule has 0 spiro atoms. The highest BCUT2D eigenvalue weighted by molar-refractivity contribution is 6.01. The first kappa shape index (κ1) is 20.4. The number of benzene rings is 2. The number of para-hydroxylation sites is 2. The lowest BCUT2D eigenvalue weighted by atomic mass is 10.1. The van der Waals surface area contributed by atoms with Gasteiger partial charge in [0.1, 0.15) is 0 Å². The summed E-state index contributed by atoms with van der Waals surface area (Å²) in [6.45, 7) is 1.33. The maximum absolute atomic E-state index is 12.2. The van der Waals surface area contributed by atoms with Crippen molar-refractivity contribution >= 4 is 29.2 Å². The summed E-state index contributed by atoms with van der Waals surface area (Å²) in [5, 5.41) is 8.30. The van der Waals surface area contributed by atoms with E-state index in [-0.39, 0.29) is 24.8 Å². The Hall–Kier alpha value is -3.35. The SMILES string of the molecule is O=C(CCNC(=O)Nc1ccccc1N1CCCCC1=O)NCc1ccccc1. The Morgan fingerprint density at radius 1 is 0.931 bits per heavy atom. The average molecular weight is 394 g/mol. The zero-order valence-corrected chi connectivity index (χ0v) is 16.3. The van der Waals surface area contributed by atoms with Gasteiger partial charge < -0.3 is 20.9 Å². The highest BCUT2D eigenvalue weighted by atomic mass is 16.2. The Balaban J connectivity index is 1.45. The molecule has 3 rings (SSSR count). The molecule has 29 heavy (non-hydrogen) atoms. The Morgan fingerprint density at radius 2 is 1.69 bits per heavy atom. The van der Waals surface area contributed by atoms with Gasteiger partial charge in [-0.15, -0.1) is 0 Å². The van der Waals surface area contributed by atoms with Crippen LogP contribution in [0.4, 0.5) is 16.2 Å². The van der Waals surface area contributed by atoms with Crippen LogP contribution in [-0.4, -0.2) is 30.9 Å². The van der Waals surface area contributed by atoms with Crippen LogP contribution in [-0.2, 0) is 16.1 Å². The number of urea groups is 1. The lowest BCUT2D eigenvalue weighted by molar-refractivity contribution is -0.121. The molecule has 1 saturated heterocycles. The van der Waals surface area contributed by atoms with Crippen molar-refractivity contribution in [3.8, 4) is 0 Å². The third-order valence-electron chi connectivity index (χ3n) is 4.74. The minimum atomic E-state index is -0.405. The monoisotopic (exact) mass is 394 g/mol. The molecule has 0 radical (unpaired) electrons. The molecule has 1 aliphatic heterocycles. The molecule has 4 amide bonds. The number of nitrogens with zero attached hydrogens (tertiary/aromatic N) is 1.